The molecule has 0 N–H and O–H groups in total. The molecule has 0 spiro atoms. The van der Waals surface area contributed by atoms with Crippen LogP contribution in [-0.2, 0) is 0 Å². The van der Waals surface area contributed by atoms with Gasteiger partial charge < -0.3 is 0 Å². The van der Waals surface area contributed by atoms with Gasteiger partial charge in [0.1, 0.15) is 0 Å². The molecule has 4 rings (SSSR count). The van der Waals surface area contributed by atoms with E-state index in [4.69, 9.17) is 5.26 Å². The lowest BCUT2D eigenvalue weighted by molar-refractivity contribution is 0.290. The average molecular weight is 386 g/mol. The van der Waals surface area contributed by atoms with Gasteiger partial charge in [-0.05, 0) is 96.9 Å². The minimum Gasteiger partial charge on any atom is -0.192 e. The van der Waals surface area contributed by atoms with Crippen LogP contribution in [0.2, 0.25) is 0 Å². The Labute approximate surface area is 177 Å². The van der Waals surface area contributed by atoms with Crippen molar-refractivity contribution in [2.24, 2.45) is 11.8 Å². The summed E-state index contributed by atoms with van der Waals surface area (Å²) in [7, 11) is 0. The molecule has 0 aliphatic heterocycles. The maximum Gasteiger partial charge on any atom is 0.0991 e. The number of nitriles is 1. The van der Waals surface area contributed by atoms with Crippen LogP contribution in [0.5, 0.6) is 0 Å². The zero-order valence-corrected chi connectivity index (χ0v) is 18.1. The third-order valence-corrected chi connectivity index (χ3v) is 7.94. The Kier molecular flexibility index (Phi) is 6.39. The first-order chi connectivity index (χ1) is 14.1. The van der Waals surface area contributed by atoms with Crippen molar-refractivity contribution in [3.63, 3.8) is 0 Å². The van der Waals surface area contributed by atoms with Crippen molar-refractivity contribution < 1.29 is 0 Å². The number of hydrogen-bond acceptors (Lipinski definition) is 1. The maximum atomic E-state index is 8.99. The molecule has 1 heteroatoms. The molecule has 1 atom stereocenters. The van der Waals surface area contributed by atoms with Gasteiger partial charge >= 0.3 is 0 Å². The van der Waals surface area contributed by atoms with Crippen LogP contribution in [0.4, 0.5) is 0 Å². The van der Waals surface area contributed by atoms with Crippen LogP contribution in [0.3, 0.4) is 0 Å². The zero-order valence-electron chi connectivity index (χ0n) is 18.1. The Balaban J connectivity index is 1.33. The van der Waals surface area contributed by atoms with Crippen LogP contribution >= 0.6 is 0 Å². The molecule has 2 saturated carbocycles. The number of hydrogen-bond donors (Lipinski definition) is 0. The summed E-state index contributed by atoms with van der Waals surface area (Å²) in [6.45, 7) is 4.83. The summed E-state index contributed by atoms with van der Waals surface area (Å²) in [6, 6.07) is 20.2. The zero-order chi connectivity index (χ0) is 20.2. The Bertz CT molecular complexity index is 810. The predicted molar refractivity (Wildman–Crippen MR) is 121 cm³/mol. The highest BCUT2D eigenvalue weighted by atomic mass is 14.3. The van der Waals surface area contributed by atoms with Gasteiger partial charge in [0.15, 0.2) is 0 Å². The molecule has 0 heterocycles. The standard InChI is InChI=1S/C28H35N/c1-20-3-7-25(8-4-20)27-15-11-23(12-16-27)21(2)24-13-17-28(18-14-24)26-9-5-22(19-29)6-10-26/h5-6,9-12,15-16,20-21,24-25,28H,3-4,7-8,13-14,17-18H2,1-2H3. The molecule has 29 heavy (non-hydrogen) atoms. The summed E-state index contributed by atoms with van der Waals surface area (Å²) in [4.78, 5) is 0. The van der Waals surface area contributed by atoms with E-state index < -0.39 is 0 Å². The van der Waals surface area contributed by atoms with Crippen molar-refractivity contribution in [3.05, 3.63) is 70.8 Å². The summed E-state index contributed by atoms with van der Waals surface area (Å²) in [5.41, 5.74) is 5.28. The van der Waals surface area contributed by atoms with E-state index >= 15 is 0 Å². The highest BCUT2D eigenvalue weighted by Crippen LogP contribution is 2.42. The lowest BCUT2D eigenvalue weighted by Crippen LogP contribution is -2.18. The third-order valence-electron chi connectivity index (χ3n) is 7.94. The molecule has 1 nitrogen and oxygen atoms in total. The predicted octanol–water partition coefficient (Wildman–Crippen LogP) is 7.93. The van der Waals surface area contributed by atoms with Gasteiger partial charge in [-0.1, -0.05) is 63.1 Å². The first-order valence-corrected chi connectivity index (χ1v) is 11.7. The second kappa shape index (κ2) is 9.17. The van der Waals surface area contributed by atoms with E-state index in [1.807, 2.05) is 12.1 Å². The van der Waals surface area contributed by atoms with Gasteiger partial charge in [-0.2, -0.15) is 5.26 Å². The first kappa shape index (κ1) is 20.2. The monoisotopic (exact) mass is 385 g/mol. The molecule has 2 aromatic carbocycles. The van der Waals surface area contributed by atoms with E-state index in [0.717, 1.165) is 23.3 Å². The number of rotatable bonds is 4. The molecule has 2 fully saturated rings. The van der Waals surface area contributed by atoms with Crippen LogP contribution < -0.4 is 0 Å². The second-order valence-corrected chi connectivity index (χ2v) is 9.76. The van der Waals surface area contributed by atoms with E-state index in [1.54, 1.807) is 5.56 Å². The molecule has 0 amide bonds. The molecule has 0 aromatic heterocycles. The van der Waals surface area contributed by atoms with Gasteiger partial charge in [0.2, 0.25) is 0 Å². The van der Waals surface area contributed by atoms with Crippen LogP contribution in [0, 0.1) is 23.2 Å². The Morgan fingerprint density at radius 2 is 1.21 bits per heavy atom. The minimum atomic E-state index is 0.650. The van der Waals surface area contributed by atoms with E-state index in [1.165, 1.54) is 62.5 Å². The van der Waals surface area contributed by atoms with Crippen LogP contribution in [-0.4, -0.2) is 0 Å². The lowest BCUT2D eigenvalue weighted by atomic mass is 9.72. The molecule has 0 radical (unpaired) electrons. The second-order valence-electron chi connectivity index (χ2n) is 9.76. The molecular weight excluding hydrogens is 350 g/mol. The highest BCUT2D eigenvalue weighted by molar-refractivity contribution is 5.33. The van der Waals surface area contributed by atoms with E-state index in [2.05, 4.69) is 56.3 Å². The Morgan fingerprint density at radius 1 is 0.724 bits per heavy atom. The molecule has 0 saturated heterocycles. The summed E-state index contributed by atoms with van der Waals surface area (Å²) in [5, 5.41) is 8.99. The van der Waals surface area contributed by atoms with Crippen molar-refractivity contribution in [1.29, 1.82) is 5.26 Å². The van der Waals surface area contributed by atoms with E-state index in [9.17, 15) is 0 Å². The van der Waals surface area contributed by atoms with Gasteiger partial charge in [0.05, 0.1) is 11.6 Å². The molecule has 152 valence electrons. The highest BCUT2D eigenvalue weighted by Gasteiger charge is 2.27. The van der Waals surface area contributed by atoms with Crippen molar-refractivity contribution in [2.75, 3.05) is 0 Å². The molecule has 2 aliphatic rings. The van der Waals surface area contributed by atoms with Gasteiger partial charge in [-0.3, -0.25) is 0 Å². The summed E-state index contributed by atoms with van der Waals surface area (Å²) < 4.78 is 0. The normalized spacial score (nSPS) is 28.4. The fraction of sp³-hybridized carbons (Fsp3) is 0.536. The molecule has 1 unspecified atom stereocenters. The Morgan fingerprint density at radius 3 is 1.72 bits per heavy atom. The Hall–Kier alpha value is -2.07. The molecular formula is C28H35N. The lowest BCUT2D eigenvalue weighted by Gasteiger charge is -2.33. The van der Waals surface area contributed by atoms with E-state index in [0.29, 0.717) is 11.8 Å². The largest absolute Gasteiger partial charge is 0.192 e. The average Bonchev–Trinajstić information content (AvgIpc) is 2.79. The smallest absolute Gasteiger partial charge is 0.0991 e. The van der Waals surface area contributed by atoms with Gasteiger partial charge in [0.25, 0.3) is 0 Å². The van der Waals surface area contributed by atoms with Crippen LogP contribution in [0.15, 0.2) is 48.5 Å². The third kappa shape index (κ3) is 4.75. The van der Waals surface area contributed by atoms with Crippen molar-refractivity contribution in [2.45, 2.75) is 83.0 Å². The summed E-state index contributed by atoms with van der Waals surface area (Å²) in [6.07, 6.45) is 10.7. The van der Waals surface area contributed by atoms with E-state index in [-0.39, 0.29) is 0 Å². The minimum absolute atomic E-state index is 0.650. The van der Waals surface area contributed by atoms with Crippen molar-refractivity contribution in [3.8, 4) is 6.07 Å². The molecule has 0 bridgehead atoms. The van der Waals surface area contributed by atoms with Crippen molar-refractivity contribution >= 4 is 0 Å². The van der Waals surface area contributed by atoms with Crippen molar-refractivity contribution in [1.82, 2.24) is 0 Å². The maximum absolute atomic E-state index is 8.99. The number of benzene rings is 2. The van der Waals surface area contributed by atoms with Crippen LogP contribution in [0.25, 0.3) is 0 Å². The summed E-state index contributed by atoms with van der Waals surface area (Å²) in [5.74, 6) is 3.83. The van der Waals surface area contributed by atoms with Gasteiger partial charge in [-0.25, -0.2) is 0 Å². The molecule has 2 aromatic rings. The quantitative estimate of drug-likeness (QED) is 0.524. The molecule has 2 aliphatic carbocycles. The van der Waals surface area contributed by atoms with Crippen LogP contribution in [0.1, 0.15) is 105 Å². The fourth-order valence-corrected chi connectivity index (χ4v) is 5.72. The van der Waals surface area contributed by atoms with Gasteiger partial charge in [-0.15, -0.1) is 0 Å². The number of nitrogens with zero attached hydrogens (tertiary/aromatic N) is 1. The van der Waals surface area contributed by atoms with Gasteiger partial charge in [0, 0.05) is 0 Å². The SMILES string of the molecule is CC1CCC(c2ccc(C(C)C3CCC(c4ccc(C#N)cc4)CC3)cc2)CC1. The first-order valence-electron chi connectivity index (χ1n) is 11.7. The topological polar surface area (TPSA) is 23.8 Å². The fourth-order valence-electron chi connectivity index (χ4n) is 5.72. The summed E-state index contributed by atoms with van der Waals surface area (Å²) >= 11 is 0.